The van der Waals surface area contributed by atoms with E-state index in [2.05, 4.69) is 41.3 Å². The standard InChI is InChI=1S/C13H23N3/c1-3-14-10-12-16(2)11-4-5-13-6-8-15-9-7-13/h6-9,14H,3-5,10-12H2,1-2H3. The molecule has 0 fully saturated rings. The minimum absolute atomic E-state index is 1.06. The molecule has 1 aromatic rings. The summed E-state index contributed by atoms with van der Waals surface area (Å²) < 4.78 is 0. The Bertz CT molecular complexity index is 261. The average molecular weight is 221 g/mol. The third kappa shape index (κ3) is 5.83. The minimum Gasteiger partial charge on any atom is -0.316 e. The van der Waals surface area contributed by atoms with Crippen LogP contribution in [0.2, 0.25) is 0 Å². The quantitative estimate of drug-likeness (QED) is 0.675. The number of hydrogen-bond acceptors (Lipinski definition) is 3. The van der Waals surface area contributed by atoms with E-state index in [1.165, 1.54) is 12.0 Å². The number of hydrogen-bond donors (Lipinski definition) is 1. The normalized spacial score (nSPS) is 10.9. The van der Waals surface area contributed by atoms with Gasteiger partial charge in [-0.25, -0.2) is 0 Å². The van der Waals surface area contributed by atoms with E-state index in [1.807, 2.05) is 12.4 Å². The zero-order chi connectivity index (χ0) is 11.6. The molecule has 3 heteroatoms. The maximum absolute atomic E-state index is 4.02. The van der Waals surface area contributed by atoms with E-state index < -0.39 is 0 Å². The topological polar surface area (TPSA) is 28.2 Å². The van der Waals surface area contributed by atoms with Crippen molar-refractivity contribution in [3.8, 4) is 0 Å². The summed E-state index contributed by atoms with van der Waals surface area (Å²) in [5.74, 6) is 0. The first-order valence-corrected chi connectivity index (χ1v) is 6.11. The van der Waals surface area contributed by atoms with Crippen molar-refractivity contribution in [3.63, 3.8) is 0 Å². The van der Waals surface area contributed by atoms with Crippen molar-refractivity contribution in [2.45, 2.75) is 19.8 Å². The number of pyridine rings is 1. The smallest absolute Gasteiger partial charge is 0.0270 e. The molecule has 0 radical (unpaired) electrons. The van der Waals surface area contributed by atoms with Gasteiger partial charge in [0.1, 0.15) is 0 Å². The molecule has 0 aromatic carbocycles. The molecule has 0 aliphatic carbocycles. The number of rotatable bonds is 8. The maximum Gasteiger partial charge on any atom is 0.0270 e. The molecule has 0 saturated heterocycles. The first-order chi connectivity index (χ1) is 7.83. The van der Waals surface area contributed by atoms with Crippen LogP contribution in [0.4, 0.5) is 0 Å². The molecule has 0 spiro atoms. The van der Waals surface area contributed by atoms with Crippen molar-refractivity contribution < 1.29 is 0 Å². The van der Waals surface area contributed by atoms with Crippen LogP contribution in [0.5, 0.6) is 0 Å². The Kier molecular flexibility index (Phi) is 6.77. The molecule has 1 rings (SSSR count). The number of nitrogens with one attached hydrogen (secondary N) is 1. The molecular formula is C13H23N3. The van der Waals surface area contributed by atoms with Crippen molar-refractivity contribution in [2.24, 2.45) is 0 Å². The van der Waals surface area contributed by atoms with Gasteiger partial charge in [0.2, 0.25) is 0 Å². The summed E-state index contributed by atoms with van der Waals surface area (Å²) in [6.45, 7) is 6.58. The first kappa shape index (κ1) is 13.1. The zero-order valence-electron chi connectivity index (χ0n) is 10.4. The zero-order valence-corrected chi connectivity index (χ0v) is 10.4. The van der Waals surface area contributed by atoms with Crippen LogP contribution in [-0.4, -0.2) is 43.1 Å². The Balaban J connectivity index is 2.06. The van der Waals surface area contributed by atoms with Crippen LogP contribution >= 0.6 is 0 Å². The highest BCUT2D eigenvalue weighted by Gasteiger charge is 1.98. The van der Waals surface area contributed by atoms with E-state index in [1.54, 1.807) is 0 Å². The highest BCUT2D eigenvalue weighted by Crippen LogP contribution is 2.01. The summed E-state index contributed by atoms with van der Waals surface area (Å²) in [7, 11) is 2.18. The molecule has 1 aromatic heterocycles. The lowest BCUT2D eigenvalue weighted by atomic mass is 10.1. The van der Waals surface area contributed by atoms with Crippen LogP contribution in [-0.2, 0) is 6.42 Å². The molecule has 0 saturated carbocycles. The van der Waals surface area contributed by atoms with Gasteiger partial charge in [0.25, 0.3) is 0 Å². The fourth-order valence-corrected chi connectivity index (χ4v) is 1.66. The van der Waals surface area contributed by atoms with Crippen LogP contribution in [0.25, 0.3) is 0 Å². The third-order valence-corrected chi connectivity index (χ3v) is 2.67. The summed E-state index contributed by atoms with van der Waals surface area (Å²) in [5, 5.41) is 3.34. The van der Waals surface area contributed by atoms with Gasteiger partial charge in [-0.1, -0.05) is 6.92 Å². The summed E-state index contributed by atoms with van der Waals surface area (Å²) in [4.78, 5) is 6.40. The molecule has 0 atom stereocenters. The van der Waals surface area contributed by atoms with Crippen molar-refractivity contribution in [3.05, 3.63) is 30.1 Å². The Labute approximate surface area is 98.9 Å². The monoisotopic (exact) mass is 221 g/mol. The molecule has 0 aliphatic heterocycles. The SMILES string of the molecule is CCNCCN(C)CCCc1ccncc1. The molecule has 90 valence electrons. The second-order valence-electron chi connectivity index (χ2n) is 4.12. The van der Waals surface area contributed by atoms with Gasteiger partial charge < -0.3 is 10.2 Å². The van der Waals surface area contributed by atoms with Crippen molar-refractivity contribution >= 4 is 0 Å². The molecule has 0 bridgehead atoms. The van der Waals surface area contributed by atoms with Gasteiger partial charge in [-0.2, -0.15) is 0 Å². The lowest BCUT2D eigenvalue weighted by Crippen LogP contribution is -2.29. The van der Waals surface area contributed by atoms with E-state index in [4.69, 9.17) is 0 Å². The summed E-state index contributed by atoms with van der Waals surface area (Å²) >= 11 is 0. The number of aromatic nitrogens is 1. The summed E-state index contributed by atoms with van der Waals surface area (Å²) in [6.07, 6.45) is 6.09. The van der Waals surface area contributed by atoms with Crippen molar-refractivity contribution in [1.82, 2.24) is 15.2 Å². The van der Waals surface area contributed by atoms with Crippen LogP contribution in [0.1, 0.15) is 18.9 Å². The van der Waals surface area contributed by atoms with Crippen molar-refractivity contribution in [1.29, 1.82) is 0 Å². The van der Waals surface area contributed by atoms with Gasteiger partial charge in [0, 0.05) is 25.5 Å². The van der Waals surface area contributed by atoms with Crippen LogP contribution in [0.15, 0.2) is 24.5 Å². The van der Waals surface area contributed by atoms with Gasteiger partial charge in [-0.3, -0.25) is 4.98 Å². The Morgan fingerprint density at radius 1 is 1.25 bits per heavy atom. The van der Waals surface area contributed by atoms with E-state index in [-0.39, 0.29) is 0 Å². The third-order valence-electron chi connectivity index (χ3n) is 2.67. The highest BCUT2D eigenvalue weighted by atomic mass is 15.1. The van der Waals surface area contributed by atoms with E-state index in [0.29, 0.717) is 0 Å². The highest BCUT2D eigenvalue weighted by molar-refractivity contribution is 5.09. The maximum atomic E-state index is 4.02. The summed E-state index contributed by atoms with van der Waals surface area (Å²) in [5.41, 5.74) is 1.38. The predicted molar refractivity (Wildman–Crippen MR) is 68.6 cm³/mol. The van der Waals surface area contributed by atoms with E-state index >= 15 is 0 Å². The van der Waals surface area contributed by atoms with Crippen LogP contribution in [0.3, 0.4) is 0 Å². The number of aryl methyl sites for hydroxylation is 1. The van der Waals surface area contributed by atoms with Gasteiger partial charge in [0.05, 0.1) is 0 Å². The van der Waals surface area contributed by atoms with Gasteiger partial charge in [-0.05, 0) is 50.7 Å². The van der Waals surface area contributed by atoms with Crippen molar-refractivity contribution in [2.75, 3.05) is 33.2 Å². The minimum atomic E-state index is 1.06. The molecule has 16 heavy (non-hydrogen) atoms. The van der Waals surface area contributed by atoms with Gasteiger partial charge in [0.15, 0.2) is 0 Å². The fraction of sp³-hybridized carbons (Fsp3) is 0.615. The number of likely N-dealkylation sites (N-methyl/N-ethyl adjacent to an activating group) is 2. The number of nitrogens with zero attached hydrogens (tertiary/aromatic N) is 2. The second kappa shape index (κ2) is 8.25. The molecule has 3 nitrogen and oxygen atoms in total. The van der Waals surface area contributed by atoms with E-state index in [9.17, 15) is 0 Å². The van der Waals surface area contributed by atoms with E-state index in [0.717, 1.165) is 32.6 Å². The molecule has 0 unspecified atom stereocenters. The average Bonchev–Trinajstić information content (AvgIpc) is 2.31. The fourth-order valence-electron chi connectivity index (χ4n) is 1.66. The van der Waals surface area contributed by atoms with Crippen LogP contribution < -0.4 is 5.32 Å². The molecule has 1 heterocycles. The van der Waals surface area contributed by atoms with Crippen LogP contribution in [0, 0.1) is 0 Å². The lowest BCUT2D eigenvalue weighted by Gasteiger charge is -2.16. The molecular weight excluding hydrogens is 198 g/mol. The Morgan fingerprint density at radius 2 is 2.00 bits per heavy atom. The molecule has 1 N–H and O–H groups in total. The van der Waals surface area contributed by atoms with Gasteiger partial charge in [-0.15, -0.1) is 0 Å². The van der Waals surface area contributed by atoms with Gasteiger partial charge >= 0.3 is 0 Å². The molecule has 0 amide bonds. The predicted octanol–water partition coefficient (Wildman–Crippen LogP) is 1.56. The lowest BCUT2D eigenvalue weighted by molar-refractivity contribution is 0.328. The second-order valence-corrected chi connectivity index (χ2v) is 4.12. The Morgan fingerprint density at radius 3 is 2.69 bits per heavy atom. The summed E-state index contributed by atoms with van der Waals surface area (Å²) in [6, 6.07) is 4.19. The largest absolute Gasteiger partial charge is 0.316 e. The molecule has 0 aliphatic rings. The first-order valence-electron chi connectivity index (χ1n) is 6.11. The Hall–Kier alpha value is -0.930.